The average Bonchev–Trinajstić information content (AvgIpc) is 1.69. The lowest BCUT2D eigenvalue weighted by Crippen LogP contribution is -2.37. The molecule has 116 heavy (non-hydrogen) atoms. The summed E-state index contributed by atoms with van der Waals surface area (Å²) in [6, 6.07) is 36.2. The number of aryl methyl sites for hydroxylation is 12. The number of nitrogens with one attached hydrogen (secondary N) is 1. The van der Waals surface area contributed by atoms with Gasteiger partial charge in [0.25, 0.3) is 0 Å². The Labute approximate surface area is 673 Å². The minimum absolute atomic E-state index is 0.00937. The minimum Gasteiger partial charge on any atom is -0.481 e. The number of carbonyl (C=O) groups excluding carboxylic acids is 9. The zero-order valence-corrected chi connectivity index (χ0v) is 69.5. The van der Waals surface area contributed by atoms with Crippen molar-refractivity contribution in [3.63, 3.8) is 0 Å². The van der Waals surface area contributed by atoms with Crippen LogP contribution in [-0.4, -0.2) is 118 Å². The first-order valence-electron chi connectivity index (χ1n) is 37.7. The average molecular weight is 1610 g/mol. The third kappa shape index (κ3) is 20.8. The van der Waals surface area contributed by atoms with Gasteiger partial charge in [0.05, 0.1) is 66.0 Å². The molecule has 0 bridgehead atoms. The fourth-order valence-electron chi connectivity index (χ4n) is 15.5. The lowest BCUT2D eigenvalue weighted by atomic mass is 9.81. The SMILES string of the molecule is COC(=O)C1(C)CC(=O)N(c2c(C)cccc2C)C1.COC(=O)C1(C)CN(c2c(C)cccc2C)C(=O)C1C.COC(=O)C1CC(=O)N(c2c(C)cccc2C)C1.Cc1cc(N)cc(C(F)(F)F)c1.Cc1cc(NC(=O)C2(C)CC(=O)N(c3c(C)cccc3C)C2)cc(C(F)(F)F)c1.Cc1cccc(C)c1N1CC(C)(C(=O)O)CC1=O. The molecule has 5 aliphatic rings. The summed E-state index contributed by atoms with van der Waals surface area (Å²) in [5, 5.41) is 11.8. The number of carboxylic acids is 1. The van der Waals surface area contributed by atoms with Crippen molar-refractivity contribution in [2.75, 3.05) is 89.6 Å². The van der Waals surface area contributed by atoms with Crippen molar-refractivity contribution in [1.82, 2.24) is 0 Å². The van der Waals surface area contributed by atoms with E-state index in [1.54, 1.807) is 66.0 Å². The monoisotopic (exact) mass is 1610 g/mol. The van der Waals surface area contributed by atoms with Crippen LogP contribution in [0.1, 0.15) is 138 Å². The fraction of sp³-hybridized carbons (Fsp3) is 0.416. The Kier molecular flexibility index (Phi) is 29.0. The number of esters is 3. The molecule has 622 valence electrons. The Morgan fingerprint density at radius 1 is 0.440 bits per heavy atom. The topological polar surface area (TPSA) is 273 Å². The highest BCUT2D eigenvalue weighted by Gasteiger charge is 2.54. The summed E-state index contributed by atoms with van der Waals surface area (Å²) in [4.78, 5) is 129. The Hall–Kier alpha value is -11.4. The molecule has 7 aromatic rings. The Bertz CT molecular complexity index is 4820. The number of carboxylic acid groups (broad SMARTS) is 1. The number of benzene rings is 7. The van der Waals surface area contributed by atoms with Crippen LogP contribution in [-0.2, 0) is 74.5 Å². The molecule has 21 nitrogen and oxygen atoms in total. The van der Waals surface area contributed by atoms with Crippen molar-refractivity contribution >= 4 is 99.1 Å². The highest BCUT2D eigenvalue weighted by Crippen LogP contribution is 2.45. The number of nitrogens with two attached hydrogens (primary N) is 1. The minimum atomic E-state index is -4.50. The van der Waals surface area contributed by atoms with Crippen LogP contribution in [0.3, 0.4) is 0 Å². The number of halogens is 6. The molecular weight excluding hydrogens is 1510 g/mol. The molecule has 12 rings (SSSR count). The van der Waals surface area contributed by atoms with E-state index in [-0.39, 0.29) is 109 Å². The van der Waals surface area contributed by atoms with Gasteiger partial charge in [0.15, 0.2) is 0 Å². The lowest BCUT2D eigenvalue weighted by Gasteiger charge is -2.25. The summed E-state index contributed by atoms with van der Waals surface area (Å²) >= 11 is 0. The van der Waals surface area contributed by atoms with Crippen molar-refractivity contribution in [2.24, 2.45) is 33.5 Å². The van der Waals surface area contributed by atoms with Crippen molar-refractivity contribution in [1.29, 1.82) is 0 Å². The van der Waals surface area contributed by atoms with Crippen molar-refractivity contribution < 1.29 is 93.6 Å². The van der Waals surface area contributed by atoms with Gasteiger partial charge >= 0.3 is 36.2 Å². The molecule has 0 spiro atoms. The number of rotatable bonds is 11. The van der Waals surface area contributed by atoms with Gasteiger partial charge in [-0.2, -0.15) is 26.3 Å². The normalized spacial score (nSPS) is 20.9. The number of amides is 6. The lowest BCUT2D eigenvalue weighted by molar-refractivity contribution is -0.154. The van der Waals surface area contributed by atoms with E-state index in [4.69, 9.17) is 19.9 Å². The number of hydrogen-bond acceptors (Lipinski definition) is 14. The number of anilines is 7. The number of hydrogen-bond donors (Lipinski definition) is 3. The molecular formula is C89H105F6N7O14. The second-order valence-corrected chi connectivity index (χ2v) is 31.8. The van der Waals surface area contributed by atoms with E-state index in [0.717, 1.165) is 108 Å². The number of ether oxygens (including phenoxy) is 3. The van der Waals surface area contributed by atoms with Crippen LogP contribution < -0.4 is 35.6 Å². The predicted octanol–water partition coefficient (Wildman–Crippen LogP) is 16.3. The summed E-state index contributed by atoms with van der Waals surface area (Å²) in [7, 11) is 4.08. The van der Waals surface area contributed by atoms with E-state index in [0.29, 0.717) is 30.8 Å². The van der Waals surface area contributed by atoms with Gasteiger partial charge in [0, 0.05) is 98.2 Å². The molecule has 6 atom stereocenters. The highest BCUT2D eigenvalue weighted by atomic mass is 19.4. The van der Waals surface area contributed by atoms with Crippen LogP contribution in [0.4, 0.5) is 66.2 Å². The van der Waals surface area contributed by atoms with Gasteiger partial charge < -0.3 is 54.9 Å². The maximum atomic E-state index is 13.1. The van der Waals surface area contributed by atoms with E-state index in [9.17, 15) is 79.4 Å². The molecule has 0 aliphatic carbocycles. The number of carbonyl (C=O) groups is 10. The first kappa shape index (κ1) is 91.8. The summed E-state index contributed by atoms with van der Waals surface area (Å²) in [6.07, 6.45) is -8.31. The number of para-hydroxylation sites is 5. The fourth-order valence-corrected chi connectivity index (χ4v) is 15.5. The van der Waals surface area contributed by atoms with Crippen LogP contribution in [0, 0.1) is 117 Å². The van der Waals surface area contributed by atoms with Crippen molar-refractivity contribution in [2.45, 2.75) is 156 Å². The second kappa shape index (κ2) is 36.6. The molecule has 6 amide bonds. The van der Waals surface area contributed by atoms with Crippen LogP contribution in [0.2, 0.25) is 0 Å². The van der Waals surface area contributed by atoms with Gasteiger partial charge in [-0.05, 0) is 214 Å². The molecule has 0 saturated carbocycles. The quantitative estimate of drug-likeness (QED) is 0.0470. The summed E-state index contributed by atoms with van der Waals surface area (Å²) in [5.41, 5.74) is 15.8. The number of nitrogen functional groups attached to an aromatic ring is 1. The molecule has 7 aromatic carbocycles. The third-order valence-electron chi connectivity index (χ3n) is 21.8. The first-order chi connectivity index (χ1) is 53.9. The first-order valence-corrected chi connectivity index (χ1v) is 37.7. The van der Waals surface area contributed by atoms with Gasteiger partial charge in [-0.1, -0.05) is 97.9 Å². The zero-order chi connectivity index (χ0) is 87.0. The second-order valence-electron chi connectivity index (χ2n) is 31.8. The van der Waals surface area contributed by atoms with Crippen LogP contribution in [0.15, 0.2) is 127 Å². The van der Waals surface area contributed by atoms with E-state index in [2.05, 4.69) is 5.32 Å². The summed E-state index contributed by atoms with van der Waals surface area (Å²) in [5.74, 6) is -3.42. The summed E-state index contributed by atoms with van der Waals surface area (Å²) in [6.45, 7) is 32.9. The molecule has 6 unspecified atom stereocenters. The number of nitrogens with zero attached hydrogens (tertiary/aromatic N) is 5. The smallest absolute Gasteiger partial charge is 0.416 e. The maximum Gasteiger partial charge on any atom is 0.416 e. The van der Waals surface area contributed by atoms with Crippen LogP contribution >= 0.6 is 0 Å². The van der Waals surface area contributed by atoms with E-state index in [1.807, 2.05) is 160 Å². The predicted molar refractivity (Wildman–Crippen MR) is 434 cm³/mol. The molecule has 0 aromatic heterocycles. The molecule has 5 aliphatic heterocycles. The highest BCUT2D eigenvalue weighted by molar-refractivity contribution is 6.08. The Morgan fingerprint density at radius 2 is 0.776 bits per heavy atom. The van der Waals surface area contributed by atoms with Gasteiger partial charge in [-0.15, -0.1) is 0 Å². The van der Waals surface area contributed by atoms with Gasteiger partial charge in [-0.3, -0.25) is 47.9 Å². The largest absolute Gasteiger partial charge is 0.481 e. The van der Waals surface area contributed by atoms with Crippen molar-refractivity contribution in [3.8, 4) is 0 Å². The molecule has 5 fully saturated rings. The van der Waals surface area contributed by atoms with E-state index < -0.39 is 57.0 Å². The third-order valence-corrected chi connectivity index (χ3v) is 21.8. The van der Waals surface area contributed by atoms with Gasteiger partial charge in [-0.25, -0.2) is 0 Å². The number of alkyl halides is 6. The van der Waals surface area contributed by atoms with Crippen LogP contribution in [0.5, 0.6) is 0 Å². The summed E-state index contributed by atoms with van der Waals surface area (Å²) < 4.78 is 89.9. The maximum absolute atomic E-state index is 13.1. The Morgan fingerprint density at radius 3 is 1.13 bits per heavy atom. The molecule has 5 saturated heterocycles. The van der Waals surface area contributed by atoms with Crippen molar-refractivity contribution in [3.05, 3.63) is 205 Å². The number of aliphatic carboxylic acids is 1. The van der Waals surface area contributed by atoms with Crippen LogP contribution in [0.25, 0.3) is 0 Å². The number of methoxy groups -OCH3 is 3. The molecule has 0 radical (unpaired) electrons. The van der Waals surface area contributed by atoms with E-state index in [1.165, 1.54) is 40.4 Å². The zero-order valence-electron chi connectivity index (χ0n) is 69.5. The molecule has 5 heterocycles. The van der Waals surface area contributed by atoms with Gasteiger partial charge in [0.1, 0.15) is 0 Å². The Balaban J connectivity index is 0.000000196. The molecule has 4 N–H and O–H groups in total. The van der Waals surface area contributed by atoms with Gasteiger partial charge in [0.2, 0.25) is 35.4 Å². The standard InChI is InChI=1S/C22H23F3N2O2.C16H21NO3.C15H19NO3.2C14H17NO3.C8H8F3N/c1-13-8-16(22(23,24)25)10-17(9-13)26-20(29)21(4)11-18(28)27(12-21)19-14(2)6-5-7-15(19)3;1-10-7-6-8-11(2)13(10)17-9-16(4,15(19)20-5)12(3)14(17)18;1-10-6-5-7-11(2)13(10)16-9-15(3,8-12(16)17)14(18)19-4;1-9-5-4-6-10(2)12(9)15-8-14(3,13(17)18)7-11(15)16;1-9-5-4-6-10(2)13(9)15-8-11(7-12(15)16)14(17)18-3;1-5-2-6(8(9,10)11)4-7(12)3-5/h5-10H,11-12H2,1-4H3,(H,26,29);6-8,12H,9H2,1-5H3;5-7H,8-9H2,1-4H3;4-6H,7-8H2,1-3H3,(H,17,18);4-6,11H,7-8H2,1-3H3;2-4H,12H2,1H3. The molecule has 27 heteroatoms. The van der Waals surface area contributed by atoms with E-state index >= 15 is 0 Å².